The Morgan fingerprint density at radius 3 is 2.76 bits per heavy atom. The van der Waals surface area contributed by atoms with E-state index < -0.39 is 11.6 Å². The molecule has 1 aromatic heterocycles. The predicted octanol–water partition coefficient (Wildman–Crippen LogP) is 3.49. The van der Waals surface area contributed by atoms with Gasteiger partial charge in [0, 0.05) is 17.3 Å². The van der Waals surface area contributed by atoms with Crippen molar-refractivity contribution < 1.29 is 13.6 Å². The summed E-state index contributed by atoms with van der Waals surface area (Å²) in [7, 11) is 0. The van der Waals surface area contributed by atoms with Gasteiger partial charge in [0.1, 0.15) is 0 Å². The number of pyridine rings is 1. The van der Waals surface area contributed by atoms with Crippen molar-refractivity contribution in [2.75, 3.05) is 0 Å². The molecule has 17 heavy (non-hydrogen) atoms. The van der Waals surface area contributed by atoms with Gasteiger partial charge in [-0.25, -0.2) is 8.78 Å². The summed E-state index contributed by atoms with van der Waals surface area (Å²) in [4.78, 5) is 14.5. The van der Waals surface area contributed by atoms with Gasteiger partial charge in [-0.2, -0.15) is 0 Å². The van der Waals surface area contributed by atoms with Gasteiger partial charge in [-0.15, -0.1) is 0 Å². The van der Waals surface area contributed by atoms with Crippen LogP contribution >= 0.6 is 11.6 Å². The standard InChI is InChI=1S/C12H6ClF2NO/c13-9-5-16-11(4-7(9)6-17)8-2-1-3-10(14)12(8)15/h1-6H. The van der Waals surface area contributed by atoms with E-state index in [4.69, 9.17) is 11.6 Å². The van der Waals surface area contributed by atoms with E-state index in [0.717, 1.165) is 6.07 Å². The van der Waals surface area contributed by atoms with E-state index >= 15 is 0 Å². The minimum atomic E-state index is -1.00. The molecule has 86 valence electrons. The molecular weight excluding hydrogens is 248 g/mol. The highest BCUT2D eigenvalue weighted by atomic mass is 35.5. The van der Waals surface area contributed by atoms with E-state index in [-0.39, 0.29) is 21.8 Å². The molecule has 0 aliphatic rings. The largest absolute Gasteiger partial charge is 0.298 e. The second kappa shape index (κ2) is 4.59. The van der Waals surface area contributed by atoms with Crippen LogP contribution in [0.5, 0.6) is 0 Å². The molecule has 0 saturated carbocycles. The smallest absolute Gasteiger partial charge is 0.168 e. The highest BCUT2D eigenvalue weighted by molar-refractivity contribution is 6.32. The summed E-state index contributed by atoms with van der Waals surface area (Å²) in [6.45, 7) is 0. The molecule has 0 spiro atoms. The number of nitrogens with zero attached hydrogens (tertiary/aromatic N) is 1. The normalized spacial score (nSPS) is 10.3. The Morgan fingerprint density at radius 2 is 2.06 bits per heavy atom. The van der Waals surface area contributed by atoms with Gasteiger partial charge < -0.3 is 0 Å². The number of aromatic nitrogens is 1. The second-order valence-electron chi connectivity index (χ2n) is 3.31. The number of hydrogen-bond donors (Lipinski definition) is 0. The van der Waals surface area contributed by atoms with E-state index in [9.17, 15) is 13.6 Å². The van der Waals surface area contributed by atoms with E-state index in [1.54, 1.807) is 0 Å². The summed E-state index contributed by atoms with van der Waals surface area (Å²) >= 11 is 5.69. The Balaban J connectivity index is 2.61. The Hall–Kier alpha value is -1.81. The fourth-order valence-corrected chi connectivity index (χ4v) is 1.54. The van der Waals surface area contributed by atoms with Crippen LogP contribution in [0.2, 0.25) is 5.02 Å². The minimum Gasteiger partial charge on any atom is -0.298 e. The second-order valence-corrected chi connectivity index (χ2v) is 3.72. The average Bonchev–Trinajstić information content (AvgIpc) is 2.34. The maximum Gasteiger partial charge on any atom is 0.168 e. The number of carbonyl (C=O) groups is 1. The number of hydrogen-bond acceptors (Lipinski definition) is 2. The molecule has 1 heterocycles. The highest BCUT2D eigenvalue weighted by Gasteiger charge is 2.12. The number of rotatable bonds is 2. The van der Waals surface area contributed by atoms with Crippen LogP contribution in [0.15, 0.2) is 30.5 Å². The molecule has 0 fully saturated rings. The first-order chi connectivity index (χ1) is 8.13. The minimum absolute atomic E-state index is 0.00948. The molecule has 2 nitrogen and oxygen atoms in total. The number of benzene rings is 1. The maximum absolute atomic E-state index is 13.5. The lowest BCUT2D eigenvalue weighted by molar-refractivity contribution is 0.112. The first-order valence-electron chi connectivity index (χ1n) is 4.68. The van der Waals surface area contributed by atoms with Crippen molar-refractivity contribution in [2.45, 2.75) is 0 Å². The molecule has 0 atom stereocenters. The summed E-state index contributed by atoms with van der Waals surface area (Å²) < 4.78 is 26.5. The summed E-state index contributed by atoms with van der Waals surface area (Å²) in [5.74, 6) is -1.97. The summed E-state index contributed by atoms with van der Waals surface area (Å²) in [5.41, 5.74) is 0.332. The average molecular weight is 254 g/mol. The van der Waals surface area contributed by atoms with E-state index in [2.05, 4.69) is 4.98 Å². The maximum atomic E-state index is 13.5. The van der Waals surface area contributed by atoms with Gasteiger partial charge in [-0.3, -0.25) is 9.78 Å². The Morgan fingerprint density at radius 1 is 1.29 bits per heavy atom. The summed E-state index contributed by atoms with van der Waals surface area (Å²) in [6.07, 6.45) is 1.76. The molecule has 0 N–H and O–H groups in total. The monoisotopic (exact) mass is 253 g/mol. The van der Waals surface area contributed by atoms with Crippen molar-refractivity contribution in [3.8, 4) is 11.3 Å². The number of aldehydes is 1. The van der Waals surface area contributed by atoms with Crippen molar-refractivity contribution in [1.82, 2.24) is 4.98 Å². The van der Waals surface area contributed by atoms with Gasteiger partial charge in [0.2, 0.25) is 0 Å². The molecule has 0 aliphatic heterocycles. The lowest BCUT2D eigenvalue weighted by Crippen LogP contribution is -1.93. The van der Waals surface area contributed by atoms with E-state index in [1.807, 2.05) is 0 Å². The molecule has 1 aromatic carbocycles. The predicted molar refractivity (Wildman–Crippen MR) is 60.0 cm³/mol. The molecule has 0 bridgehead atoms. The van der Waals surface area contributed by atoms with Crippen LogP contribution in [0.4, 0.5) is 8.78 Å². The van der Waals surface area contributed by atoms with Gasteiger partial charge in [0.25, 0.3) is 0 Å². The topological polar surface area (TPSA) is 30.0 Å². The third-order valence-corrected chi connectivity index (χ3v) is 2.56. The van der Waals surface area contributed by atoms with Gasteiger partial charge >= 0.3 is 0 Å². The van der Waals surface area contributed by atoms with Gasteiger partial charge in [-0.1, -0.05) is 17.7 Å². The van der Waals surface area contributed by atoms with Crippen molar-refractivity contribution in [3.63, 3.8) is 0 Å². The molecule has 0 amide bonds. The zero-order valence-electron chi connectivity index (χ0n) is 8.45. The Kier molecular flexibility index (Phi) is 3.15. The highest BCUT2D eigenvalue weighted by Crippen LogP contribution is 2.25. The molecule has 2 aromatic rings. The summed E-state index contributed by atoms with van der Waals surface area (Å²) in [5, 5.41) is 0.167. The first-order valence-corrected chi connectivity index (χ1v) is 5.06. The quantitative estimate of drug-likeness (QED) is 0.767. The Bertz CT molecular complexity index is 587. The zero-order valence-corrected chi connectivity index (χ0v) is 9.21. The van der Waals surface area contributed by atoms with Crippen molar-refractivity contribution in [1.29, 1.82) is 0 Å². The van der Waals surface area contributed by atoms with Gasteiger partial charge in [-0.05, 0) is 18.2 Å². The van der Waals surface area contributed by atoms with Crippen molar-refractivity contribution in [3.05, 3.63) is 52.7 Å². The third kappa shape index (κ3) is 2.17. The lowest BCUT2D eigenvalue weighted by Gasteiger charge is -2.04. The van der Waals surface area contributed by atoms with Crippen LogP contribution in [-0.4, -0.2) is 11.3 Å². The van der Waals surface area contributed by atoms with Crippen molar-refractivity contribution >= 4 is 17.9 Å². The van der Waals surface area contributed by atoms with Gasteiger partial charge in [0.05, 0.1) is 10.7 Å². The molecule has 5 heteroatoms. The van der Waals surface area contributed by atoms with Crippen LogP contribution in [0, 0.1) is 11.6 Å². The molecular formula is C12H6ClF2NO. The molecule has 2 rings (SSSR count). The number of carbonyl (C=O) groups excluding carboxylic acids is 1. The fraction of sp³-hybridized carbons (Fsp3) is 0. The SMILES string of the molecule is O=Cc1cc(-c2cccc(F)c2F)ncc1Cl. The van der Waals surface area contributed by atoms with Crippen LogP contribution in [0.25, 0.3) is 11.3 Å². The van der Waals surface area contributed by atoms with Gasteiger partial charge in [0.15, 0.2) is 17.9 Å². The van der Waals surface area contributed by atoms with E-state index in [1.165, 1.54) is 24.4 Å². The van der Waals surface area contributed by atoms with Crippen LogP contribution in [-0.2, 0) is 0 Å². The van der Waals surface area contributed by atoms with Crippen LogP contribution in [0.3, 0.4) is 0 Å². The molecule has 0 unspecified atom stereocenters. The third-order valence-electron chi connectivity index (χ3n) is 2.24. The Labute approximate surface area is 101 Å². The lowest BCUT2D eigenvalue weighted by atomic mass is 10.1. The zero-order chi connectivity index (χ0) is 12.4. The molecule has 0 saturated heterocycles. The van der Waals surface area contributed by atoms with E-state index in [0.29, 0.717) is 6.29 Å². The first kappa shape index (κ1) is 11.7. The van der Waals surface area contributed by atoms with Crippen LogP contribution in [0.1, 0.15) is 10.4 Å². The number of halogens is 3. The molecule has 0 radical (unpaired) electrons. The summed E-state index contributed by atoms with van der Waals surface area (Å²) in [6, 6.07) is 5.07. The van der Waals surface area contributed by atoms with Crippen molar-refractivity contribution in [2.24, 2.45) is 0 Å². The fourth-order valence-electron chi connectivity index (χ4n) is 1.39. The van der Waals surface area contributed by atoms with Crippen LogP contribution < -0.4 is 0 Å². The molecule has 0 aliphatic carbocycles.